The monoisotopic (exact) mass is 439 g/mol. The van der Waals surface area contributed by atoms with Crippen LogP contribution in [0.3, 0.4) is 0 Å². The number of amides is 1. The lowest BCUT2D eigenvalue weighted by molar-refractivity contribution is -0.122. The van der Waals surface area contributed by atoms with E-state index in [4.69, 9.17) is 9.47 Å². The molecule has 0 aromatic heterocycles. The Morgan fingerprint density at radius 3 is 2.41 bits per heavy atom. The van der Waals surface area contributed by atoms with Gasteiger partial charge in [-0.25, -0.2) is 0 Å². The van der Waals surface area contributed by atoms with Crippen molar-refractivity contribution in [1.82, 2.24) is 20.9 Å². The van der Waals surface area contributed by atoms with Crippen LogP contribution in [-0.4, -0.2) is 63.6 Å². The molecule has 32 heavy (non-hydrogen) atoms. The molecule has 3 N–H and O–H groups in total. The zero-order valence-electron chi connectivity index (χ0n) is 19.1. The number of ether oxygens (including phenoxy) is 2. The molecule has 0 radical (unpaired) electrons. The van der Waals surface area contributed by atoms with Gasteiger partial charge in [-0.2, -0.15) is 0 Å². The molecule has 0 atom stereocenters. The van der Waals surface area contributed by atoms with Crippen LogP contribution in [0.1, 0.15) is 18.4 Å². The van der Waals surface area contributed by atoms with Gasteiger partial charge in [-0.15, -0.1) is 0 Å². The fourth-order valence-corrected chi connectivity index (χ4v) is 3.60. The summed E-state index contributed by atoms with van der Waals surface area (Å²) < 4.78 is 11.3. The van der Waals surface area contributed by atoms with Gasteiger partial charge in [-0.05, 0) is 42.7 Å². The minimum absolute atomic E-state index is 0.0632. The van der Waals surface area contributed by atoms with E-state index in [-0.39, 0.29) is 5.91 Å². The van der Waals surface area contributed by atoms with Gasteiger partial charge in [0.1, 0.15) is 5.75 Å². The number of piperidine rings is 1. The molecule has 1 fully saturated rings. The Balaban J connectivity index is 1.44. The second-order valence-electron chi connectivity index (χ2n) is 7.69. The van der Waals surface area contributed by atoms with Gasteiger partial charge in [0.25, 0.3) is 0 Å². The average Bonchev–Trinajstić information content (AvgIpc) is 2.84. The lowest BCUT2D eigenvalue weighted by Crippen LogP contribution is -2.49. The van der Waals surface area contributed by atoms with Crippen molar-refractivity contribution < 1.29 is 14.3 Å². The first-order valence-electron chi connectivity index (χ1n) is 10.9. The summed E-state index contributed by atoms with van der Waals surface area (Å²) in [7, 11) is 5.08. The Labute approximate surface area is 190 Å². The van der Waals surface area contributed by atoms with E-state index >= 15 is 0 Å². The van der Waals surface area contributed by atoms with Gasteiger partial charge in [0, 0.05) is 39.8 Å². The van der Waals surface area contributed by atoms with Crippen molar-refractivity contribution in [2.24, 2.45) is 4.99 Å². The second kappa shape index (κ2) is 12.0. The van der Waals surface area contributed by atoms with Crippen molar-refractivity contribution in [3.8, 4) is 17.2 Å². The van der Waals surface area contributed by atoms with Crippen LogP contribution in [0.2, 0.25) is 0 Å². The number of carbonyl (C=O) groups is 1. The number of likely N-dealkylation sites (N-methyl/N-ethyl adjacent to an activating group) is 1. The number of methoxy groups -OCH3 is 1. The second-order valence-corrected chi connectivity index (χ2v) is 7.69. The third-order valence-electron chi connectivity index (χ3n) is 5.48. The summed E-state index contributed by atoms with van der Waals surface area (Å²) in [4.78, 5) is 18.1. The fraction of sp³-hybridized carbons (Fsp3) is 0.417. The Kier molecular flexibility index (Phi) is 8.74. The van der Waals surface area contributed by atoms with Gasteiger partial charge in [0.2, 0.25) is 5.91 Å². The Morgan fingerprint density at radius 2 is 1.78 bits per heavy atom. The van der Waals surface area contributed by atoms with E-state index in [0.717, 1.165) is 43.2 Å². The topological polar surface area (TPSA) is 87.2 Å². The molecule has 8 heteroatoms. The van der Waals surface area contributed by atoms with E-state index in [1.54, 1.807) is 21.2 Å². The van der Waals surface area contributed by atoms with Crippen molar-refractivity contribution >= 4 is 11.9 Å². The first-order chi connectivity index (χ1) is 15.6. The molecule has 1 heterocycles. The number of carbonyl (C=O) groups excluding carboxylic acids is 1. The molecule has 3 rings (SSSR count). The van der Waals surface area contributed by atoms with Crippen molar-refractivity contribution in [2.75, 3.05) is 40.8 Å². The molecule has 0 saturated carbocycles. The van der Waals surface area contributed by atoms with Crippen molar-refractivity contribution in [3.63, 3.8) is 0 Å². The number of aliphatic imine (C=N–C) groups is 1. The summed E-state index contributed by atoms with van der Waals surface area (Å²) >= 11 is 0. The molecule has 1 saturated heterocycles. The van der Waals surface area contributed by atoms with E-state index in [9.17, 15) is 4.79 Å². The molecule has 1 aliphatic rings. The molecule has 1 aliphatic heterocycles. The molecule has 172 valence electrons. The maximum Gasteiger partial charge on any atom is 0.233 e. The number of likely N-dealkylation sites (tertiary alicyclic amines) is 1. The van der Waals surface area contributed by atoms with E-state index in [0.29, 0.717) is 30.6 Å². The Morgan fingerprint density at radius 1 is 1.09 bits per heavy atom. The number of benzene rings is 2. The predicted octanol–water partition coefficient (Wildman–Crippen LogP) is 2.36. The molecule has 0 unspecified atom stereocenters. The number of guanidine groups is 1. The third-order valence-corrected chi connectivity index (χ3v) is 5.48. The van der Waals surface area contributed by atoms with Crippen LogP contribution < -0.4 is 25.4 Å². The lowest BCUT2D eigenvalue weighted by Gasteiger charge is -2.32. The highest BCUT2D eigenvalue weighted by Gasteiger charge is 2.21. The van der Waals surface area contributed by atoms with Gasteiger partial charge in [-0.1, -0.05) is 24.3 Å². The van der Waals surface area contributed by atoms with E-state index in [2.05, 4.69) is 25.8 Å². The van der Waals surface area contributed by atoms with Gasteiger partial charge in [0.15, 0.2) is 17.5 Å². The quantitative estimate of drug-likeness (QED) is 0.432. The summed E-state index contributed by atoms with van der Waals surface area (Å²) in [6.45, 7) is 2.92. The van der Waals surface area contributed by atoms with Crippen molar-refractivity contribution in [3.05, 3.63) is 54.1 Å². The first-order valence-corrected chi connectivity index (χ1v) is 10.9. The van der Waals surface area contributed by atoms with Gasteiger partial charge in [-0.3, -0.25) is 14.7 Å². The van der Waals surface area contributed by atoms with E-state index < -0.39 is 0 Å². The highest BCUT2D eigenvalue weighted by atomic mass is 16.5. The largest absolute Gasteiger partial charge is 0.493 e. The van der Waals surface area contributed by atoms with Gasteiger partial charge < -0.3 is 25.4 Å². The smallest absolute Gasteiger partial charge is 0.233 e. The highest BCUT2D eigenvalue weighted by molar-refractivity contribution is 5.80. The van der Waals surface area contributed by atoms with Crippen LogP contribution in [-0.2, 0) is 11.3 Å². The number of rotatable bonds is 8. The number of hydrogen-bond acceptors (Lipinski definition) is 5. The normalized spacial score (nSPS) is 15.2. The summed E-state index contributed by atoms with van der Waals surface area (Å²) in [5.74, 6) is 2.99. The van der Waals surface area contributed by atoms with Crippen LogP contribution >= 0.6 is 0 Å². The minimum atomic E-state index is 0.0632. The molecule has 0 aliphatic carbocycles. The molecular weight excluding hydrogens is 406 g/mol. The number of nitrogens with zero attached hydrogens (tertiary/aromatic N) is 2. The molecule has 2 aromatic carbocycles. The zero-order valence-corrected chi connectivity index (χ0v) is 19.1. The Hall–Kier alpha value is -3.26. The molecule has 0 spiro atoms. The standard InChI is InChI=1S/C24H33N5O3/c1-25-23(30)17-29-14-12-19(13-15-29)28-24(26-2)27-16-18-8-10-20(11-9-18)32-22-7-5-4-6-21(22)31-3/h4-11,19H,12-17H2,1-3H3,(H,25,30)(H2,26,27,28). The van der Waals surface area contributed by atoms with Crippen LogP contribution in [0, 0.1) is 0 Å². The summed E-state index contributed by atoms with van der Waals surface area (Å²) in [5, 5.41) is 9.55. The number of para-hydroxylation sites is 2. The highest BCUT2D eigenvalue weighted by Crippen LogP contribution is 2.30. The summed E-state index contributed by atoms with van der Waals surface area (Å²) in [5.41, 5.74) is 1.13. The minimum Gasteiger partial charge on any atom is -0.493 e. The fourth-order valence-electron chi connectivity index (χ4n) is 3.60. The van der Waals surface area contributed by atoms with E-state index in [1.807, 2.05) is 48.5 Å². The maximum atomic E-state index is 11.5. The molecule has 2 aromatic rings. The van der Waals surface area contributed by atoms with Crippen molar-refractivity contribution in [2.45, 2.75) is 25.4 Å². The predicted molar refractivity (Wildman–Crippen MR) is 126 cm³/mol. The van der Waals surface area contributed by atoms with Crippen LogP contribution in [0.25, 0.3) is 0 Å². The number of hydrogen-bond donors (Lipinski definition) is 3. The summed E-state index contributed by atoms with van der Waals surface area (Å²) in [6, 6.07) is 15.9. The maximum absolute atomic E-state index is 11.5. The molecule has 8 nitrogen and oxygen atoms in total. The average molecular weight is 440 g/mol. The zero-order chi connectivity index (χ0) is 22.8. The van der Waals surface area contributed by atoms with E-state index in [1.165, 1.54) is 0 Å². The molecule has 1 amide bonds. The SMILES string of the molecule is CN=C(NCc1ccc(Oc2ccccc2OC)cc1)NC1CCN(CC(=O)NC)CC1. The van der Waals surface area contributed by atoms with Crippen LogP contribution in [0.15, 0.2) is 53.5 Å². The third kappa shape index (κ3) is 6.88. The van der Waals surface area contributed by atoms with Gasteiger partial charge >= 0.3 is 0 Å². The summed E-state index contributed by atoms with van der Waals surface area (Å²) in [6.07, 6.45) is 1.96. The molecular formula is C24H33N5O3. The number of nitrogens with one attached hydrogen (secondary N) is 3. The first kappa shape index (κ1) is 23.4. The lowest BCUT2D eigenvalue weighted by atomic mass is 10.1. The Bertz CT molecular complexity index is 893. The van der Waals surface area contributed by atoms with Crippen LogP contribution in [0.5, 0.6) is 17.2 Å². The van der Waals surface area contributed by atoms with Crippen molar-refractivity contribution in [1.29, 1.82) is 0 Å². The van der Waals surface area contributed by atoms with Gasteiger partial charge in [0.05, 0.1) is 13.7 Å². The van der Waals surface area contributed by atoms with Crippen LogP contribution in [0.4, 0.5) is 0 Å². The molecule has 0 bridgehead atoms.